The molecule has 7 nitrogen and oxygen atoms in total. The Bertz CT molecular complexity index is 1050. The highest BCUT2D eigenvalue weighted by molar-refractivity contribution is 7.09. The zero-order chi connectivity index (χ0) is 26.0. The maximum Gasteiger partial charge on any atom is 0.406 e. The number of ether oxygens (including phenoxy) is 1. The maximum atomic E-state index is 11.4. The number of alkyl carbamates (subject to hydrolysis) is 1. The lowest BCUT2D eigenvalue weighted by atomic mass is 9.83. The summed E-state index contributed by atoms with van der Waals surface area (Å²) in [6.07, 6.45) is 9.80. The minimum atomic E-state index is -0.656. The zero-order valence-electron chi connectivity index (χ0n) is 21.4. The number of hydrogen-bond donors (Lipinski definition) is 2. The second kappa shape index (κ2) is 13.4. The van der Waals surface area contributed by atoms with Crippen LogP contribution in [-0.4, -0.2) is 48.6 Å². The molecule has 0 aliphatic carbocycles. The number of carbonyl (C=O) groups excluding carboxylic acids is 1. The summed E-state index contributed by atoms with van der Waals surface area (Å²) in [6, 6.07) is 9.72. The van der Waals surface area contributed by atoms with Crippen molar-refractivity contribution in [1.82, 2.24) is 10.3 Å². The first-order valence-corrected chi connectivity index (χ1v) is 13.1. The van der Waals surface area contributed by atoms with Crippen molar-refractivity contribution < 1.29 is 19.5 Å². The number of methoxy groups -OCH3 is 1. The van der Waals surface area contributed by atoms with Crippen molar-refractivity contribution in [2.75, 3.05) is 25.3 Å². The molecule has 8 heteroatoms. The number of nitrogens with one attached hydrogen (secondary N) is 1. The number of thiazole rings is 1. The van der Waals surface area contributed by atoms with Gasteiger partial charge in [0.2, 0.25) is 0 Å². The lowest BCUT2D eigenvalue weighted by Crippen LogP contribution is -2.44. The van der Waals surface area contributed by atoms with Crippen molar-refractivity contribution in [3.05, 3.63) is 82.9 Å². The number of anilines is 1. The summed E-state index contributed by atoms with van der Waals surface area (Å²) < 4.78 is 4.65. The van der Waals surface area contributed by atoms with Crippen LogP contribution in [0, 0.1) is 0 Å². The van der Waals surface area contributed by atoms with Gasteiger partial charge in [0.05, 0.1) is 37.2 Å². The molecule has 194 valence electrons. The first kappa shape index (κ1) is 27.6. The van der Waals surface area contributed by atoms with E-state index in [1.54, 1.807) is 11.3 Å². The molecule has 2 N–H and O–H groups in total. The summed E-state index contributed by atoms with van der Waals surface area (Å²) in [5.41, 5.74) is 2.46. The number of aliphatic hydroxyl groups is 1. The van der Waals surface area contributed by atoms with Gasteiger partial charge in [-0.1, -0.05) is 56.4 Å². The van der Waals surface area contributed by atoms with Gasteiger partial charge in [-0.05, 0) is 30.5 Å². The molecular weight excluding hydrogens is 474 g/mol. The lowest BCUT2D eigenvalue weighted by Gasteiger charge is -2.38. The summed E-state index contributed by atoms with van der Waals surface area (Å²) in [5.74, 6) is 0. The predicted molar refractivity (Wildman–Crippen MR) is 145 cm³/mol. The fourth-order valence-corrected chi connectivity index (χ4v) is 4.96. The number of aromatic nitrogens is 1. The molecule has 1 amide bonds. The molecule has 0 bridgehead atoms. The monoisotopic (exact) mass is 511 g/mol. The normalized spacial score (nSPS) is 17.1. The van der Waals surface area contributed by atoms with E-state index in [0.29, 0.717) is 26.0 Å². The van der Waals surface area contributed by atoms with Crippen LogP contribution in [0.25, 0.3) is 0 Å². The highest BCUT2D eigenvalue weighted by atomic mass is 32.1. The Morgan fingerprint density at radius 1 is 1.39 bits per heavy atom. The summed E-state index contributed by atoms with van der Waals surface area (Å²) >= 11 is 1.59. The molecule has 1 unspecified atom stereocenters. The van der Waals surface area contributed by atoms with Crippen LogP contribution in [0.4, 0.5) is 10.5 Å². The van der Waals surface area contributed by atoms with E-state index in [0.717, 1.165) is 34.8 Å². The van der Waals surface area contributed by atoms with Crippen LogP contribution >= 0.6 is 11.3 Å². The van der Waals surface area contributed by atoms with Crippen LogP contribution in [-0.2, 0) is 21.4 Å². The van der Waals surface area contributed by atoms with E-state index in [2.05, 4.69) is 40.2 Å². The first-order chi connectivity index (χ1) is 17.3. The average molecular weight is 512 g/mol. The van der Waals surface area contributed by atoms with Crippen LogP contribution in [0.2, 0.25) is 0 Å². The Balaban J connectivity index is 1.74. The molecule has 2 atom stereocenters. The number of allylic oxidation sites excluding steroid dienone is 3. The third-order valence-electron chi connectivity index (χ3n) is 6.23. The van der Waals surface area contributed by atoms with Gasteiger partial charge in [0.1, 0.15) is 5.01 Å². The van der Waals surface area contributed by atoms with Crippen LogP contribution in [0.15, 0.2) is 72.2 Å². The van der Waals surface area contributed by atoms with E-state index in [1.807, 2.05) is 55.3 Å². The van der Waals surface area contributed by atoms with Gasteiger partial charge in [-0.2, -0.15) is 0 Å². The van der Waals surface area contributed by atoms with E-state index in [1.165, 1.54) is 7.11 Å². The number of para-hydroxylation sites is 1. The molecule has 2 aromatic rings. The quantitative estimate of drug-likeness (QED) is 0.374. The Morgan fingerprint density at radius 2 is 2.17 bits per heavy atom. The maximum absolute atomic E-state index is 11.4. The molecule has 0 saturated heterocycles. The molecule has 1 aromatic heterocycles. The Hall–Kier alpha value is -2.94. The van der Waals surface area contributed by atoms with Gasteiger partial charge in [0.25, 0.3) is 0 Å². The van der Waals surface area contributed by atoms with Gasteiger partial charge < -0.3 is 15.2 Å². The van der Waals surface area contributed by atoms with Crippen LogP contribution < -0.4 is 10.4 Å². The predicted octanol–water partition coefficient (Wildman–Crippen LogP) is 5.34. The molecule has 1 aliphatic heterocycles. The number of aliphatic hydroxyl groups excluding tert-OH is 1. The fraction of sp³-hybridized carbons (Fsp3) is 0.429. The molecule has 1 aromatic carbocycles. The summed E-state index contributed by atoms with van der Waals surface area (Å²) in [4.78, 5) is 22.4. The smallest absolute Gasteiger partial charge is 0.406 e. The number of rotatable bonds is 12. The van der Waals surface area contributed by atoms with Gasteiger partial charge >= 0.3 is 6.09 Å². The molecular formula is C28H37N3O4S. The van der Waals surface area contributed by atoms with Gasteiger partial charge in [0, 0.05) is 30.2 Å². The third-order valence-corrected chi connectivity index (χ3v) is 7.46. The minimum Gasteiger partial charge on any atom is -0.453 e. The van der Waals surface area contributed by atoms with Crippen LogP contribution in [0.5, 0.6) is 0 Å². The van der Waals surface area contributed by atoms with Gasteiger partial charge in [-0.15, -0.1) is 17.9 Å². The third kappa shape index (κ3) is 7.53. The molecule has 0 spiro atoms. The number of amides is 1. The number of nitrogens with zero attached hydrogens (tertiary/aromatic N) is 2. The van der Waals surface area contributed by atoms with E-state index in [-0.39, 0.29) is 6.04 Å². The molecule has 0 fully saturated rings. The largest absolute Gasteiger partial charge is 0.453 e. The number of hydrogen-bond acceptors (Lipinski definition) is 7. The number of carbonyl (C=O) groups is 1. The Kier molecular flexibility index (Phi) is 10.3. The fourth-order valence-electron chi connectivity index (χ4n) is 3.95. The van der Waals surface area contributed by atoms with Gasteiger partial charge in [0.15, 0.2) is 0 Å². The minimum absolute atomic E-state index is 0.176. The molecule has 0 radical (unpaired) electrons. The molecule has 1 aliphatic rings. The van der Waals surface area contributed by atoms with Crippen molar-refractivity contribution in [3.63, 3.8) is 0 Å². The zero-order valence-corrected chi connectivity index (χ0v) is 22.2. The Labute approximate surface area is 218 Å². The molecule has 36 heavy (non-hydrogen) atoms. The second-order valence-electron chi connectivity index (χ2n) is 9.31. The first-order valence-electron chi connectivity index (χ1n) is 12.2. The van der Waals surface area contributed by atoms with Gasteiger partial charge in [-0.3, -0.25) is 4.84 Å². The standard InChI is InChI=1S/C28H37N3O4S/c1-5-6-7-9-12-22-20-36-26(30-22)28(2,3)25(32)18-24-17-21(15-16-29-27(33)34-4)19-35-31(24)23-13-10-8-11-14-23/h5,7-11,13-14,17,20,24-25,32H,1,6,12,15-16,18-19H2,2-4H3,(H,29,33)/b9-7-/t24?,25-/m1/s1. The number of benzene rings is 1. The van der Waals surface area contributed by atoms with E-state index in [9.17, 15) is 9.90 Å². The SMILES string of the molecule is C=CC/C=C\Cc1csc(C(C)(C)[C@H](O)CC2C=C(CCNC(=O)OC)CON2c2ccccc2)n1. The van der Waals surface area contributed by atoms with Gasteiger partial charge in [-0.25, -0.2) is 14.8 Å². The average Bonchev–Trinajstić information content (AvgIpc) is 3.37. The second-order valence-corrected chi connectivity index (χ2v) is 10.2. The summed E-state index contributed by atoms with van der Waals surface area (Å²) in [7, 11) is 1.35. The van der Waals surface area contributed by atoms with E-state index < -0.39 is 17.6 Å². The van der Waals surface area contributed by atoms with E-state index in [4.69, 9.17) is 9.82 Å². The molecule has 2 heterocycles. The number of hydroxylamine groups is 1. The summed E-state index contributed by atoms with van der Waals surface area (Å²) in [6.45, 7) is 8.68. The van der Waals surface area contributed by atoms with E-state index >= 15 is 0 Å². The van der Waals surface area contributed by atoms with Crippen molar-refractivity contribution in [2.24, 2.45) is 0 Å². The molecule has 3 rings (SSSR count). The summed E-state index contributed by atoms with van der Waals surface area (Å²) in [5, 5.41) is 19.0. The van der Waals surface area contributed by atoms with Crippen molar-refractivity contribution in [1.29, 1.82) is 0 Å². The highest BCUT2D eigenvalue weighted by Gasteiger charge is 2.36. The van der Waals surface area contributed by atoms with Crippen molar-refractivity contribution in [2.45, 2.75) is 57.1 Å². The van der Waals surface area contributed by atoms with Crippen LogP contribution in [0.1, 0.15) is 43.8 Å². The van der Waals surface area contributed by atoms with Crippen molar-refractivity contribution >= 4 is 23.1 Å². The van der Waals surface area contributed by atoms with Crippen LogP contribution in [0.3, 0.4) is 0 Å². The highest BCUT2D eigenvalue weighted by Crippen LogP contribution is 2.35. The Morgan fingerprint density at radius 3 is 2.89 bits per heavy atom. The topological polar surface area (TPSA) is 83.9 Å². The molecule has 0 saturated carbocycles. The lowest BCUT2D eigenvalue weighted by molar-refractivity contribution is 0.0516. The van der Waals surface area contributed by atoms with Crippen molar-refractivity contribution in [3.8, 4) is 0 Å².